The summed E-state index contributed by atoms with van der Waals surface area (Å²) in [5.41, 5.74) is 2.09. The molecule has 10 nitrogen and oxygen atoms in total. The van der Waals surface area contributed by atoms with Crippen molar-refractivity contribution in [3.63, 3.8) is 0 Å². The van der Waals surface area contributed by atoms with Gasteiger partial charge in [0.05, 0.1) is 41.5 Å². The Morgan fingerprint density at radius 2 is 2.10 bits per heavy atom. The van der Waals surface area contributed by atoms with Gasteiger partial charge in [0.1, 0.15) is 6.33 Å². The summed E-state index contributed by atoms with van der Waals surface area (Å²) in [6.07, 6.45) is 3.47. The first-order valence-electron chi connectivity index (χ1n) is 9.30. The predicted octanol–water partition coefficient (Wildman–Crippen LogP) is 1.21. The molecular formula is C19H18N6O4. The number of nitrogens with zero attached hydrogens (tertiary/aromatic N) is 6. The standard InChI is InChI=1S/C19H18N6O4/c1-11-13(6-7-29-11)25-15-5-3-2-4-14(15)23-10-20-18(17(23)19(25)28)24-9-12(21-22-24)8-16(26)27/h2-5,9-11,13H,6-8H2,1H3,(H,26,27). The topological polar surface area (TPSA) is 117 Å². The molecule has 10 heteroatoms. The summed E-state index contributed by atoms with van der Waals surface area (Å²) in [4.78, 5) is 28.9. The van der Waals surface area contributed by atoms with E-state index < -0.39 is 5.97 Å². The van der Waals surface area contributed by atoms with Crippen LogP contribution in [0.15, 0.2) is 41.6 Å². The monoisotopic (exact) mass is 394 g/mol. The summed E-state index contributed by atoms with van der Waals surface area (Å²) >= 11 is 0. The molecule has 2 atom stereocenters. The van der Waals surface area contributed by atoms with E-state index in [4.69, 9.17) is 9.84 Å². The highest BCUT2D eigenvalue weighted by molar-refractivity contribution is 5.81. The minimum absolute atomic E-state index is 0.0848. The zero-order valence-corrected chi connectivity index (χ0v) is 15.6. The molecule has 1 aliphatic heterocycles. The summed E-state index contributed by atoms with van der Waals surface area (Å²) in [7, 11) is 0. The molecule has 4 heterocycles. The molecule has 148 valence electrons. The number of hydrogen-bond acceptors (Lipinski definition) is 6. The van der Waals surface area contributed by atoms with Crippen LogP contribution in [0.1, 0.15) is 25.1 Å². The summed E-state index contributed by atoms with van der Waals surface area (Å²) < 4.78 is 10.6. The van der Waals surface area contributed by atoms with Crippen molar-refractivity contribution in [3.8, 4) is 5.82 Å². The van der Waals surface area contributed by atoms with Crippen LogP contribution in [0.3, 0.4) is 0 Å². The molecule has 0 amide bonds. The van der Waals surface area contributed by atoms with Gasteiger partial charge in [0.2, 0.25) is 0 Å². The number of aromatic nitrogens is 6. The minimum Gasteiger partial charge on any atom is -0.481 e. The fourth-order valence-electron chi connectivity index (χ4n) is 4.01. The number of imidazole rings is 1. The van der Waals surface area contributed by atoms with Crippen molar-refractivity contribution in [2.75, 3.05) is 6.61 Å². The highest BCUT2D eigenvalue weighted by atomic mass is 16.5. The maximum Gasteiger partial charge on any atom is 0.309 e. The van der Waals surface area contributed by atoms with Crippen molar-refractivity contribution >= 4 is 22.5 Å². The Kier molecular flexibility index (Phi) is 3.95. The van der Waals surface area contributed by atoms with E-state index in [2.05, 4.69) is 15.3 Å². The van der Waals surface area contributed by atoms with E-state index >= 15 is 0 Å². The Morgan fingerprint density at radius 1 is 1.31 bits per heavy atom. The Morgan fingerprint density at radius 3 is 2.83 bits per heavy atom. The molecule has 5 rings (SSSR count). The lowest BCUT2D eigenvalue weighted by molar-refractivity contribution is -0.136. The smallest absolute Gasteiger partial charge is 0.309 e. The van der Waals surface area contributed by atoms with Crippen LogP contribution in [0.4, 0.5) is 0 Å². The van der Waals surface area contributed by atoms with Gasteiger partial charge in [-0.3, -0.25) is 18.6 Å². The first kappa shape index (κ1) is 17.6. The van der Waals surface area contributed by atoms with Crippen molar-refractivity contribution in [3.05, 3.63) is 52.8 Å². The Balaban J connectivity index is 1.78. The third-order valence-electron chi connectivity index (χ3n) is 5.33. The van der Waals surface area contributed by atoms with Crippen LogP contribution in [0.5, 0.6) is 0 Å². The number of carboxylic acid groups (broad SMARTS) is 1. The summed E-state index contributed by atoms with van der Waals surface area (Å²) in [6, 6.07) is 7.57. The van der Waals surface area contributed by atoms with E-state index in [1.807, 2.05) is 31.2 Å². The van der Waals surface area contributed by atoms with Crippen molar-refractivity contribution in [2.24, 2.45) is 0 Å². The van der Waals surface area contributed by atoms with Gasteiger partial charge in [-0.2, -0.15) is 4.68 Å². The average molecular weight is 394 g/mol. The first-order valence-corrected chi connectivity index (χ1v) is 9.30. The van der Waals surface area contributed by atoms with Crippen molar-refractivity contribution in [2.45, 2.75) is 31.9 Å². The molecule has 1 fully saturated rings. The number of fused-ring (bicyclic) bond motifs is 3. The number of carboxylic acids is 1. The van der Waals surface area contributed by atoms with Crippen molar-refractivity contribution < 1.29 is 14.6 Å². The quantitative estimate of drug-likeness (QED) is 0.553. The normalized spacial score (nSPS) is 19.3. The molecule has 1 aliphatic rings. The number of ether oxygens (including phenoxy) is 1. The fraction of sp³-hybridized carbons (Fsp3) is 0.316. The number of carbonyl (C=O) groups is 1. The van der Waals surface area contributed by atoms with Gasteiger partial charge in [-0.1, -0.05) is 17.3 Å². The molecule has 1 aromatic carbocycles. The number of rotatable bonds is 4. The van der Waals surface area contributed by atoms with Crippen LogP contribution in [0.25, 0.3) is 22.4 Å². The Hall–Kier alpha value is -3.53. The SMILES string of the molecule is CC1OCCC1n1c(=O)c2c(-n3cc(CC(=O)O)nn3)ncn2c2ccccc21. The third-order valence-corrected chi connectivity index (χ3v) is 5.33. The van der Waals surface area contributed by atoms with Gasteiger partial charge < -0.3 is 9.84 Å². The zero-order valence-electron chi connectivity index (χ0n) is 15.6. The lowest BCUT2D eigenvalue weighted by atomic mass is 10.1. The number of para-hydroxylation sites is 2. The molecule has 1 saturated heterocycles. The van der Waals surface area contributed by atoms with Gasteiger partial charge in [-0.15, -0.1) is 5.10 Å². The van der Waals surface area contributed by atoms with Gasteiger partial charge in [-0.05, 0) is 25.5 Å². The summed E-state index contributed by atoms with van der Waals surface area (Å²) in [5, 5.41) is 16.8. The van der Waals surface area contributed by atoms with Gasteiger partial charge in [0.25, 0.3) is 5.56 Å². The molecule has 0 aliphatic carbocycles. The van der Waals surface area contributed by atoms with Crippen LogP contribution in [0, 0.1) is 0 Å². The van der Waals surface area contributed by atoms with E-state index in [9.17, 15) is 9.59 Å². The second-order valence-corrected chi connectivity index (χ2v) is 7.11. The van der Waals surface area contributed by atoms with Crippen molar-refractivity contribution in [1.82, 2.24) is 28.9 Å². The Labute approximate surface area is 164 Å². The average Bonchev–Trinajstić information content (AvgIpc) is 3.42. The number of hydrogen-bond donors (Lipinski definition) is 1. The van der Waals surface area contributed by atoms with Gasteiger partial charge >= 0.3 is 5.97 Å². The van der Waals surface area contributed by atoms with E-state index in [-0.39, 0.29) is 29.8 Å². The molecule has 4 aromatic rings. The maximum atomic E-state index is 13.6. The molecular weight excluding hydrogens is 376 g/mol. The van der Waals surface area contributed by atoms with Crippen LogP contribution in [0.2, 0.25) is 0 Å². The molecule has 1 N–H and O–H groups in total. The van der Waals surface area contributed by atoms with Gasteiger partial charge in [0.15, 0.2) is 11.3 Å². The highest BCUT2D eigenvalue weighted by Gasteiger charge is 2.30. The van der Waals surface area contributed by atoms with Gasteiger partial charge in [0, 0.05) is 6.61 Å². The second kappa shape index (κ2) is 6.52. The molecule has 0 spiro atoms. The van der Waals surface area contributed by atoms with E-state index in [0.29, 0.717) is 17.9 Å². The maximum absolute atomic E-state index is 13.6. The highest BCUT2D eigenvalue weighted by Crippen LogP contribution is 2.29. The summed E-state index contributed by atoms with van der Waals surface area (Å²) in [6.45, 7) is 2.57. The van der Waals surface area contributed by atoms with Gasteiger partial charge in [-0.25, -0.2) is 4.98 Å². The largest absolute Gasteiger partial charge is 0.481 e. The first-order chi connectivity index (χ1) is 14.0. The van der Waals surface area contributed by atoms with E-state index in [1.54, 1.807) is 15.3 Å². The van der Waals surface area contributed by atoms with Crippen LogP contribution < -0.4 is 5.56 Å². The van der Waals surface area contributed by atoms with Crippen LogP contribution in [-0.2, 0) is 16.0 Å². The van der Waals surface area contributed by atoms with Crippen LogP contribution in [-0.4, -0.2) is 52.7 Å². The summed E-state index contributed by atoms with van der Waals surface area (Å²) in [5.74, 6) is -0.694. The minimum atomic E-state index is -1.00. The third kappa shape index (κ3) is 2.71. The lowest BCUT2D eigenvalue weighted by Gasteiger charge is -2.20. The molecule has 0 bridgehead atoms. The molecule has 2 unspecified atom stereocenters. The molecule has 3 aromatic heterocycles. The Bertz CT molecular complexity index is 1300. The molecule has 0 radical (unpaired) electrons. The second-order valence-electron chi connectivity index (χ2n) is 7.11. The number of benzene rings is 1. The predicted molar refractivity (Wildman–Crippen MR) is 102 cm³/mol. The zero-order chi connectivity index (χ0) is 20.1. The lowest BCUT2D eigenvalue weighted by Crippen LogP contribution is -2.30. The van der Waals surface area contributed by atoms with E-state index in [0.717, 1.165) is 17.5 Å². The van der Waals surface area contributed by atoms with Crippen molar-refractivity contribution in [1.29, 1.82) is 0 Å². The van der Waals surface area contributed by atoms with E-state index in [1.165, 1.54) is 10.9 Å². The van der Waals surface area contributed by atoms with Crippen LogP contribution >= 0.6 is 0 Å². The number of aliphatic carboxylic acids is 1. The molecule has 29 heavy (non-hydrogen) atoms. The molecule has 0 saturated carbocycles. The fourth-order valence-corrected chi connectivity index (χ4v) is 4.01.